The minimum absolute atomic E-state index is 0.657. The normalized spacial score (nSPS) is 10.6. The molecule has 0 aliphatic rings. The second kappa shape index (κ2) is 5.02. The third kappa shape index (κ3) is 2.52. The Bertz CT molecular complexity index is 673. The highest BCUT2D eigenvalue weighted by Gasteiger charge is 2.09. The lowest BCUT2D eigenvalue weighted by atomic mass is 10.1. The second-order valence-corrected chi connectivity index (χ2v) is 4.44. The number of pyridine rings is 1. The molecule has 1 aromatic carbocycles. The number of rotatable bonds is 3. The molecule has 3 aromatic rings. The summed E-state index contributed by atoms with van der Waals surface area (Å²) in [4.78, 5) is 8.83. The fourth-order valence-corrected chi connectivity index (χ4v) is 1.99. The van der Waals surface area contributed by atoms with Crippen LogP contribution in [0, 0.1) is 6.92 Å². The van der Waals surface area contributed by atoms with Crippen molar-refractivity contribution in [1.29, 1.82) is 0 Å². The van der Waals surface area contributed by atoms with Crippen LogP contribution in [-0.2, 0) is 6.42 Å². The first-order valence-electron chi connectivity index (χ1n) is 6.20. The average molecular weight is 250 g/mol. The van der Waals surface area contributed by atoms with Gasteiger partial charge in [0.1, 0.15) is 11.5 Å². The van der Waals surface area contributed by atoms with E-state index < -0.39 is 0 Å². The van der Waals surface area contributed by atoms with Gasteiger partial charge in [-0.1, -0.05) is 36.4 Å². The molecule has 2 heterocycles. The van der Waals surface area contributed by atoms with Crippen LogP contribution < -0.4 is 0 Å². The molecule has 2 aromatic heterocycles. The fraction of sp³-hybridized carbons (Fsp3) is 0.133. The van der Waals surface area contributed by atoms with Gasteiger partial charge in [0, 0.05) is 12.6 Å². The molecule has 0 aliphatic carbocycles. The van der Waals surface area contributed by atoms with Crippen LogP contribution in [0.15, 0.2) is 48.7 Å². The molecular weight excluding hydrogens is 236 g/mol. The maximum absolute atomic E-state index is 4.51. The van der Waals surface area contributed by atoms with E-state index in [1.807, 2.05) is 37.3 Å². The highest BCUT2D eigenvalue weighted by Crippen LogP contribution is 2.16. The van der Waals surface area contributed by atoms with Crippen LogP contribution in [0.1, 0.15) is 17.0 Å². The van der Waals surface area contributed by atoms with Crippen LogP contribution in [0.2, 0.25) is 0 Å². The van der Waals surface area contributed by atoms with E-state index >= 15 is 0 Å². The highest BCUT2D eigenvalue weighted by molar-refractivity contribution is 5.53. The van der Waals surface area contributed by atoms with Crippen molar-refractivity contribution in [3.05, 3.63) is 65.6 Å². The van der Waals surface area contributed by atoms with Gasteiger partial charge in [-0.2, -0.15) is 5.10 Å². The van der Waals surface area contributed by atoms with Crippen molar-refractivity contribution in [2.45, 2.75) is 13.3 Å². The monoisotopic (exact) mass is 250 g/mol. The van der Waals surface area contributed by atoms with E-state index in [0.717, 1.165) is 23.5 Å². The molecule has 0 saturated carbocycles. The Morgan fingerprint density at radius 1 is 1.05 bits per heavy atom. The lowest BCUT2D eigenvalue weighted by Gasteiger charge is -1.98. The predicted molar refractivity (Wildman–Crippen MR) is 73.6 cm³/mol. The van der Waals surface area contributed by atoms with Gasteiger partial charge in [0.25, 0.3) is 0 Å². The largest absolute Gasteiger partial charge is 0.262 e. The topological polar surface area (TPSA) is 54.5 Å². The van der Waals surface area contributed by atoms with Crippen molar-refractivity contribution in [1.82, 2.24) is 20.2 Å². The van der Waals surface area contributed by atoms with Crippen molar-refractivity contribution in [2.75, 3.05) is 0 Å². The van der Waals surface area contributed by atoms with Gasteiger partial charge in [0.15, 0.2) is 5.82 Å². The van der Waals surface area contributed by atoms with Crippen molar-refractivity contribution >= 4 is 0 Å². The summed E-state index contributed by atoms with van der Waals surface area (Å²) in [6.45, 7) is 2.01. The molecule has 0 atom stereocenters. The van der Waals surface area contributed by atoms with E-state index in [-0.39, 0.29) is 0 Å². The summed E-state index contributed by atoms with van der Waals surface area (Å²) < 4.78 is 0. The van der Waals surface area contributed by atoms with E-state index in [1.54, 1.807) is 6.20 Å². The van der Waals surface area contributed by atoms with Crippen LogP contribution in [-0.4, -0.2) is 20.2 Å². The van der Waals surface area contributed by atoms with E-state index in [9.17, 15) is 0 Å². The van der Waals surface area contributed by atoms with Crippen LogP contribution >= 0.6 is 0 Å². The Hall–Kier alpha value is -2.49. The van der Waals surface area contributed by atoms with Gasteiger partial charge in [-0.05, 0) is 24.1 Å². The first-order chi connectivity index (χ1) is 9.33. The van der Waals surface area contributed by atoms with E-state index in [1.165, 1.54) is 5.56 Å². The predicted octanol–water partition coefficient (Wildman–Crippen LogP) is 2.77. The summed E-state index contributed by atoms with van der Waals surface area (Å²) >= 11 is 0. The minimum atomic E-state index is 0.657. The minimum Gasteiger partial charge on any atom is -0.262 e. The van der Waals surface area contributed by atoms with E-state index in [2.05, 4.69) is 32.3 Å². The molecule has 0 amide bonds. The zero-order valence-electron chi connectivity index (χ0n) is 10.7. The first kappa shape index (κ1) is 11.6. The van der Waals surface area contributed by atoms with Crippen molar-refractivity contribution in [2.24, 2.45) is 0 Å². The van der Waals surface area contributed by atoms with Crippen LogP contribution in [0.4, 0.5) is 0 Å². The Kier molecular flexibility index (Phi) is 3.06. The Morgan fingerprint density at radius 3 is 2.68 bits per heavy atom. The molecule has 0 fully saturated rings. The molecule has 4 nitrogen and oxygen atoms in total. The van der Waals surface area contributed by atoms with Crippen LogP contribution in [0.5, 0.6) is 0 Å². The van der Waals surface area contributed by atoms with E-state index in [0.29, 0.717) is 5.82 Å². The lowest BCUT2D eigenvalue weighted by Crippen LogP contribution is -1.91. The molecule has 1 N–H and O–H groups in total. The standard InChI is InChI=1S/C15H14N4/c1-11-6-5-9-16-14(11)15-17-13(18-19-15)10-12-7-3-2-4-8-12/h2-9H,10H2,1H3,(H,17,18,19). The molecule has 0 spiro atoms. The molecule has 0 radical (unpaired) electrons. The third-order valence-corrected chi connectivity index (χ3v) is 2.97. The molecule has 0 bridgehead atoms. The zero-order chi connectivity index (χ0) is 13.1. The smallest absolute Gasteiger partial charge is 0.200 e. The van der Waals surface area contributed by atoms with Gasteiger partial charge in [-0.15, -0.1) is 0 Å². The number of nitrogens with one attached hydrogen (secondary N) is 1. The van der Waals surface area contributed by atoms with Crippen molar-refractivity contribution in [3.8, 4) is 11.5 Å². The number of hydrogen-bond donors (Lipinski definition) is 1. The van der Waals surface area contributed by atoms with Crippen molar-refractivity contribution in [3.63, 3.8) is 0 Å². The SMILES string of the molecule is Cc1cccnc1-c1n[nH]c(Cc2ccccc2)n1. The molecule has 94 valence electrons. The first-order valence-corrected chi connectivity index (χ1v) is 6.20. The van der Waals surface area contributed by atoms with Gasteiger partial charge in [0.2, 0.25) is 0 Å². The average Bonchev–Trinajstić information content (AvgIpc) is 2.89. The van der Waals surface area contributed by atoms with Gasteiger partial charge < -0.3 is 0 Å². The number of aromatic amines is 1. The Morgan fingerprint density at radius 2 is 1.89 bits per heavy atom. The number of hydrogen-bond acceptors (Lipinski definition) is 3. The number of benzene rings is 1. The summed E-state index contributed by atoms with van der Waals surface area (Å²) in [7, 11) is 0. The molecule has 3 rings (SSSR count). The van der Waals surface area contributed by atoms with Gasteiger partial charge in [0.05, 0.1) is 0 Å². The molecule has 19 heavy (non-hydrogen) atoms. The summed E-state index contributed by atoms with van der Waals surface area (Å²) in [6, 6.07) is 14.1. The molecular formula is C15H14N4. The second-order valence-electron chi connectivity index (χ2n) is 4.44. The Labute approximate surface area is 111 Å². The van der Waals surface area contributed by atoms with Crippen molar-refractivity contribution < 1.29 is 0 Å². The van der Waals surface area contributed by atoms with Gasteiger partial charge in [-0.25, -0.2) is 4.98 Å². The fourth-order valence-electron chi connectivity index (χ4n) is 1.99. The van der Waals surface area contributed by atoms with Gasteiger partial charge in [-0.3, -0.25) is 10.1 Å². The number of nitrogens with zero attached hydrogens (tertiary/aromatic N) is 3. The van der Waals surface area contributed by atoms with E-state index in [4.69, 9.17) is 0 Å². The van der Waals surface area contributed by atoms with Crippen LogP contribution in [0.3, 0.4) is 0 Å². The maximum atomic E-state index is 4.51. The summed E-state index contributed by atoms with van der Waals surface area (Å²) in [5, 5.41) is 7.22. The molecule has 0 aliphatic heterocycles. The highest BCUT2D eigenvalue weighted by atomic mass is 15.2. The number of aromatic nitrogens is 4. The quantitative estimate of drug-likeness (QED) is 0.777. The maximum Gasteiger partial charge on any atom is 0.200 e. The lowest BCUT2D eigenvalue weighted by molar-refractivity contribution is 0.972. The Balaban J connectivity index is 1.86. The van der Waals surface area contributed by atoms with Gasteiger partial charge >= 0.3 is 0 Å². The third-order valence-electron chi connectivity index (χ3n) is 2.97. The number of H-pyrrole nitrogens is 1. The molecule has 4 heteroatoms. The molecule has 0 unspecified atom stereocenters. The summed E-state index contributed by atoms with van der Waals surface area (Å²) in [5.74, 6) is 1.51. The summed E-state index contributed by atoms with van der Waals surface area (Å²) in [5.41, 5.74) is 3.12. The summed E-state index contributed by atoms with van der Waals surface area (Å²) in [6.07, 6.45) is 2.51. The number of aryl methyl sites for hydroxylation is 1. The van der Waals surface area contributed by atoms with Crippen LogP contribution in [0.25, 0.3) is 11.5 Å². The molecule has 0 saturated heterocycles. The zero-order valence-corrected chi connectivity index (χ0v) is 10.7.